The van der Waals surface area contributed by atoms with Crippen LogP contribution in [0.5, 0.6) is 0 Å². The van der Waals surface area contributed by atoms with Crippen molar-refractivity contribution in [1.29, 1.82) is 0 Å². The van der Waals surface area contributed by atoms with Crippen molar-refractivity contribution in [3.63, 3.8) is 0 Å². The number of rotatable bonds is 0. The van der Waals surface area contributed by atoms with E-state index in [1.807, 2.05) is 0 Å². The molecule has 176 valence electrons. The van der Waals surface area contributed by atoms with E-state index in [1.54, 1.807) is 0 Å². The lowest BCUT2D eigenvalue weighted by Crippen LogP contribution is -2.34. The zero-order chi connectivity index (χ0) is 22.4. The first-order chi connectivity index (χ1) is 15.7. The summed E-state index contributed by atoms with van der Waals surface area (Å²) in [5.74, 6) is 0. The Labute approximate surface area is 194 Å². The summed E-state index contributed by atoms with van der Waals surface area (Å²) in [4.78, 5) is 4.77. The summed E-state index contributed by atoms with van der Waals surface area (Å²) in [6, 6.07) is 17.8. The van der Waals surface area contributed by atoms with Gasteiger partial charge in [-0.05, 0) is 36.3 Å². The molecule has 1 aliphatic rings. The SMILES string of the molecule is CN1CCNCc2cccc(c2)CNCCN(C)CCNCc2cccc(c2)CNCC1. The van der Waals surface area contributed by atoms with E-state index in [4.69, 9.17) is 0 Å². The van der Waals surface area contributed by atoms with Crippen LogP contribution >= 0.6 is 0 Å². The van der Waals surface area contributed by atoms with Crippen LogP contribution in [-0.2, 0) is 26.2 Å². The molecule has 0 aromatic heterocycles. The van der Waals surface area contributed by atoms with E-state index in [-0.39, 0.29) is 0 Å². The van der Waals surface area contributed by atoms with Gasteiger partial charge in [-0.3, -0.25) is 0 Å². The number of nitrogens with zero attached hydrogens (tertiary/aromatic N) is 2. The van der Waals surface area contributed by atoms with Crippen LogP contribution in [0, 0.1) is 0 Å². The molecular weight excluding hydrogens is 396 g/mol. The molecule has 4 bridgehead atoms. The molecule has 0 aliphatic carbocycles. The monoisotopic (exact) mass is 438 g/mol. The first-order valence-electron chi connectivity index (χ1n) is 12.0. The molecule has 0 unspecified atom stereocenters. The van der Waals surface area contributed by atoms with Gasteiger partial charge in [0, 0.05) is 78.5 Å². The lowest BCUT2D eigenvalue weighted by atomic mass is 10.1. The van der Waals surface area contributed by atoms with Crippen LogP contribution < -0.4 is 21.3 Å². The smallest absolute Gasteiger partial charge is 0.0206 e. The minimum Gasteiger partial charge on any atom is -0.311 e. The molecule has 2 aromatic rings. The van der Waals surface area contributed by atoms with Gasteiger partial charge in [0.1, 0.15) is 0 Å². The fourth-order valence-electron chi connectivity index (χ4n) is 3.93. The Morgan fingerprint density at radius 1 is 0.500 bits per heavy atom. The second-order valence-electron chi connectivity index (χ2n) is 8.95. The molecule has 1 aliphatic heterocycles. The van der Waals surface area contributed by atoms with Crippen LogP contribution in [0.1, 0.15) is 22.3 Å². The predicted octanol–water partition coefficient (Wildman–Crippen LogP) is 1.62. The molecule has 6 heteroatoms. The zero-order valence-corrected chi connectivity index (χ0v) is 20.0. The lowest BCUT2D eigenvalue weighted by Gasteiger charge is -2.18. The van der Waals surface area contributed by atoms with Crippen molar-refractivity contribution >= 4 is 0 Å². The van der Waals surface area contributed by atoms with Crippen molar-refractivity contribution < 1.29 is 0 Å². The van der Waals surface area contributed by atoms with Gasteiger partial charge >= 0.3 is 0 Å². The van der Waals surface area contributed by atoms with Crippen LogP contribution in [-0.4, -0.2) is 76.3 Å². The minimum absolute atomic E-state index is 0.923. The van der Waals surface area contributed by atoms with Gasteiger partial charge in [-0.2, -0.15) is 0 Å². The van der Waals surface area contributed by atoms with E-state index < -0.39 is 0 Å². The van der Waals surface area contributed by atoms with E-state index in [9.17, 15) is 0 Å². The van der Waals surface area contributed by atoms with E-state index in [1.165, 1.54) is 22.3 Å². The predicted molar refractivity (Wildman–Crippen MR) is 135 cm³/mol. The third-order valence-corrected chi connectivity index (χ3v) is 5.98. The molecule has 0 radical (unpaired) electrons. The van der Waals surface area contributed by atoms with Gasteiger partial charge in [0.25, 0.3) is 0 Å². The third kappa shape index (κ3) is 9.77. The summed E-state index contributed by atoms with van der Waals surface area (Å²) >= 11 is 0. The summed E-state index contributed by atoms with van der Waals surface area (Å²) in [6.07, 6.45) is 0. The van der Waals surface area contributed by atoms with Crippen LogP contribution in [0.15, 0.2) is 48.5 Å². The fourth-order valence-corrected chi connectivity index (χ4v) is 3.93. The molecule has 0 spiro atoms. The maximum atomic E-state index is 3.59. The number of hydrogen-bond donors (Lipinski definition) is 4. The average molecular weight is 439 g/mol. The first kappa shape index (κ1) is 24.8. The maximum Gasteiger partial charge on any atom is 0.0206 e. The largest absolute Gasteiger partial charge is 0.311 e. The Morgan fingerprint density at radius 2 is 0.781 bits per heavy atom. The highest BCUT2D eigenvalue weighted by Gasteiger charge is 2.03. The normalized spacial score (nSPS) is 19.8. The highest BCUT2D eigenvalue weighted by Crippen LogP contribution is 2.06. The van der Waals surface area contributed by atoms with Crippen molar-refractivity contribution in [2.45, 2.75) is 26.2 Å². The molecule has 0 atom stereocenters. The van der Waals surface area contributed by atoms with E-state index in [0.29, 0.717) is 0 Å². The van der Waals surface area contributed by atoms with Crippen LogP contribution in [0.25, 0.3) is 0 Å². The Hall–Kier alpha value is -1.80. The van der Waals surface area contributed by atoms with Crippen molar-refractivity contribution in [1.82, 2.24) is 31.1 Å². The summed E-state index contributed by atoms with van der Waals surface area (Å²) in [5.41, 5.74) is 5.42. The topological polar surface area (TPSA) is 54.6 Å². The third-order valence-electron chi connectivity index (χ3n) is 5.98. The van der Waals surface area contributed by atoms with Crippen molar-refractivity contribution in [3.8, 4) is 0 Å². The summed E-state index contributed by atoms with van der Waals surface area (Å²) in [5, 5.41) is 14.4. The second-order valence-corrected chi connectivity index (χ2v) is 8.95. The maximum absolute atomic E-state index is 3.59. The Morgan fingerprint density at radius 3 is 1.06 bits per heavy atom. The highest BCUT2D eigenvalue weighted by molar-refractivity contribution is 5.24. The number of hydrogen-bond acceptors (Lipinski definition) is 6. The quantitative estimate of drug-likeness (QED) is 0.502. The summed E-state index contributed by atoms with van der Waals surface area (Å²) in [6.45, 7) is 11.9. The van der Waals surface area contributed by atoms with E-state index >= 15 is 0 Å². The summed E-state index contributed by atoms with van der Waals surface area (Å²) in [7, 11) is 4.40. The van der Waals surface area contributed by atoms with E-state index in [0.717, 1.165) is 78.5 Å². The minimum atomic E-state index is 0.923. The fraction of sp³-hybridized carbons (Fsp3) is 0.538. The standard InChI is InChI=1S/C26H42N6/c1-31-13-9-27-19-23-5-3-7-25(17-23)21-29-11-15-32(2)16-12-30-22-26-8-4-6-24(18-26)20-28-10-14-31/h3-8,17-18,27-30H,9-16,19-22H2,1-2H3. The first-order valence-corrected chi connectivity index (χ1v) is 12.0. The van der Waals surface area contributed by atoms with Crippen molar-refractivity contribution in [3.05, 3.63) is 70.8 Å². The van der Waals surface area contributed by atoms with Gasteiger partial charge in [0.15, 0.2) is 0 Å². The molecular formula is C26H42N6. The molecule has 4 N–H and O–H groups in total. The lowest BCUT2D eigenvalue weighted by molar-refractivity contribution is 0.328. The van der Waals surface area contributed by atoms with Gasteiger partial charge < -0.3 is 31.1 Å². The molecule has 32 heavy (non-hydrogen) atoms. The second kappa shape index (κ2) is 14.4. The molecule has 6 nitrogen and oxygen atoms in total. The highest BCUT2D eigenvalue weighted by atomic mass is 15.1. The van der Waals surface area contributed by atoms with Crippen LogP contribution in [0.4, 0.5) is 0 Å². The van der Waals surface area contributed by atoms with Gasteiger partial charge in [-0.15, -0.1) is 0 Å². The van der Waals surface area contributed by atoms with Crippen LogP contribution in [0.2, 0.25) is 0 Å². The molecule has 0 saturated carbocycles. The van der Waals surface area contributed by atoms with Crippen molar-refractivity contribution in [2.75, 3.05) is 66.5 Å². The summed E-state index contributed by atoms with van der Waals surface area (Å²) < 4.78 is 0. The number of nitrogens with one attached hydrogen (secondary N) is 4. The van der Waals surface area contributed by atoms with Gasteiger partial charge in [-0.1, -0.05) is 48.5 Å². The van der Waals surface area contributed by atoms with Gasteiger partial charge in [0.05, 0.1) is 0 Å². The average Bonchev–Trinajstić information content (AvgIpc) is 2.80. The number of fused-ring (bicyclic) bond motifs is 4. The molecule has 0 saturated heterocycles. The van der Waals surface area contributed by atoms with E-state index in [2.05, 4.69) is 93.7 Å². The Kier molecular flexibility index (Phi) is 11.2. The van der Waals surface area contributed by atoms with Gasteiger partial charge in [-0.25, -0.2) is 0 Å². The van der Waals surface area contributed by atoms with Crippen LogP contribution in [0.3, 0.4) is 0 Å². The molecule has 2 aromatic carbocycles. The zero-order valence-electron chi connectivity index (χ0n) is 20.0. The number of benzene rings is 2. The number of likely N-dealkylation sites (N-methyl/N-ethyl adjacent to an activating group) is 2. The van der Waals surface area contributed by atoms with Gasteiger partial charge in [0.2, 0.25) is 0 Å². The molecule has 0 amide bonds. The molecule has 0 fully saturated rings. The van der Waals surface area contributed by atoms with Crippen molar-refractivity contribution in [2.24, 2.45) is 0 Å². The molecule has 3 rings (SSSR count). The Bertz CT molecular complexity index is 660. The molecule has 1 heterocycles. The Balaban J connectivity index is 1.51.